The standard InChI is InChI=1S/C13H22N2S/c1-10-6-13(11(2)16-10)9-15-5-4-12(8-15)7-14-3/h6,12,14H,4-5,7-9H2,1-3H3. The molecule has 1 saturated heterocycles. The lowest BCUT2D eigenvalue weighted by Gasteiger charge is -2.15. The minimum Gasteiger partial charge on any atom is -0.319 e. The van der Waals surface area contributed by atoms with Crippen LogP contribution in [0.15, 0.2) is 6.07 Å². The van der Waals surface area contributed by atoms with Crippen LogP contribution in [0, 0.1) is 19.8 Å². The third kappa shape index (κ3) is 2.84. The van der Waals surface area contributed by atoms with E-state index in [0.29, 0.717) is 0 Å². The molecule has 0 saturated carbocycles. The van der Waals surface area contributed by atoms with Crippen LogP contribution in [0.1, 0.15) is 21.7 Å². The summed E-state index contributed by atoms with van der Waals surface area (Å²) in [5, 5.41) is 3.28. The van der Waals surface area contributed by atoms with Crippen molar-refractivity contribution in [2.75, 3.05) is 26.7 Å². The molecule has 0 amide bonds. The fourth-order valence-electron chi connectivity index (χ4n) is 2.59. The molecule has 1 fully saturated rings. The number of hydrogen-bond acceptors (Lipinski definition) is 3. The summed E-state index contributed by atoms with van der Waals surface area (Å²) in [6.07, 6.45) is 1.35. The Morgan fingerprint density at radius 1 is 1.50 bits per heavy atom. The molecule has 1 aliphatic rings. The largest absolute Gasteiger partial charge is 0.319 e. The molecule has 90 valence electrons. The van der Waals surface area contributed by atoms with Crippen LogP contribution >= 0.6 is 11.3 Å². The molecule has 16 heavy (non-hydrogen) atoms. The minimum absolute atomic E-state index is 0.852. The van der Waals surface area contributed by atoms with Crippen LogP contribution in [0.2, 0.25) is 0 Å². The van der Waals surface area contributed by atoms with Gasteiger partial charge >= 0.3 is 0 Å². The van der Waals surface area contributed by atoms with Crippen molar-refractivity contribution >= 4 is 11.3 Å². The highest BCUT2D eigenvalue weighted by Gasteiger charge is 2.22. The first-order chi connectivity index (χ1) is 7.69. The zero-order valence-corrected chi connectivity index (χ0v) is 11.4. The van der Waals surface area contributed by atoms with Gasteiger partial charge in [-0.3, -0.25) is 4.90 Å². The Bertz CT molecular complexity index is 346. The van der Waals surface area contributed by atoms with Crippen LogP contribution in [-0.4, -0.2) is 31.6 Å². The van der Waals surface area contributed by atoms with Crippen LogP contribution in [0.25, 0.3) is 0 Å². The molecule has 0 bridgehead atoms. The van der Waals surface area contributed by atoms with E-state index in [2.05, 4.69) is 37.2 Å². The van der Waals surface area contributed by atoms with Gasteiger partial charge in [0.05, 0.1) is 0 Å². The van der Waals surface area contributed by atoms with Gasteiger partial charge in [-0.2, -0.15) is 0 Å². The highest BCUT2D eigenvalue weighted by Crippen LogP contribution is 2.24. The summed E-state index contributed by atoms with van der Waals surface area (Å²) in [5.41, 5.74) is 1.53. The van der Waals surface area contributed by atoms with Crippen LogP contribution in [-0.2, 0) is 6.54 Å². The molecule has 1 unspecified atom stereocenters. The van der Waals surface area contributed by atoms with Crippen LogP contribution in [0.4, 0.5) is 0 Å². The number of hydrogen-bond donors (Lipinski definition) is 1. The van der Waals surface area contributed by atoms with Gasteiger partial charge in [0.2, 0.25) is 0 Å². The molecule has 1 aliphatic heterocycles. The molecule has 0 aromatic carbocycles. The quantitative estimate of drug-likeness (QED) is 0.866. The maximum Gasteiger partial charge on any atom is 0.0244 e. The number of aryl methyl sites for hydroxylation is 2. The van der Waals surface area contributed by atoms with Crippen LogP contribution < -0.4 is 5.32 Å². The molecule has 2 rings (SSSR count). The molecule has 0 aliphatic carbocycles. The average Bonchev–Trinajstić information content (AvgIpc) is 2.76. The number of likely N-dealkylation sites (tertiary alicyclic amines) is 1. The van der Waals surface area contributed by atoms with Crippen molar-refractivity contribution in [1.29, 1.82) is 0 Å². The molecular weight excluding hydrogens is 216 g/mol. The van der Waals surface area contributed by atoms with E-state index in [0.717, 1.165) is 19.0 Å². The second kappa shape index (κ2) is 5.30. The van der Waals surface area contributed by atoms with Crippen LogP contribution in [0.3, 0.4) is 0 Å². The minimum atomic E-state index is 0.852. The predicted octanol–water partition coefficient (Wildman–Crippen LogP) is 2.41. The summed E-state index contributed by atoms with van der Waals surface area (Å²) in [7, 11) is 2.05. The van der Waals surface area contributed by atoms with Crippen molar-refractivity contribution in [2.24, 2.45) is 5.92 Å². The Morgan fingerprint density at radius 3 is 2.94 bits per heavy atom. The monoisotopic (exact) mass is 238 g/mol. The summed E-state index contributed by atoms with van der Waals surface area (Å²) < 4.78 is 0. The van der Waals surface area contributed by atoms with Crippen molar-refractivity contribution in [3.63, 3.8) is 0 Å². The smallest absolute Gasteiger partial charge is 0.0244 e. The molecular formula is C13H22N2S. The first kappa shape index (κ1) is 12.1. The second-order valence-corrected chi connectivity index (χ2v) is 6.35. The van der Waals surface area contributed by atoms with E-state index in [-0.39, 0.29) is 0 Å². The van der Waals surface area contributed by atoms with E-state index < -0.39 is 0 Å². The van der Waals surface area contributed by atoms with Crippen molar-refractivity contribution in [3.8, 4) is 0 Å². The molecule has 1 N–H and O–H groups in total. The summed E-state index contributed by atoms with van der Waals surface area (Å²) >= 11 is 1.92. The van der Waals surface area contributed by atoms with E-state index in [9.17, 15) is 0 Å². The highest BCUT2D eigenvalue weighted by molar-refractivity contribution is 7.12. The molecule has 0 spiro atoms. The van der Waals surface area contributed by atoms with Crippen LogP contribution in [0.5, 0.6) is 0 Å². The Labute approximate surface area is 103 Å². The first-order valence-corrected chi connectivity index (χ1v) is 6.93. The second-order valence-electron chi connectivity index (χ2n) is 4.89. The fourth-order valence-corrected chi connectivity index (χ4v) is 3.53. The van der Waals surface area contributed by atoms with Gasteiger partial charge in [-0.1, -0.05) is 0 Å². The van der Waals surface area contributed by atoms with E-state index >= 15 is 0 Å². The molecule has 3 heteroatoms. The van der Waals surface area contributed by atoms with Crippen molar-refractivity contribution in [1.82, 2.24) is 10.2 Å². The molecule has 2 heterocycles. The third-order valence-electron chi connectivity index (χ3n) is 3.40. The third-order valence-corrected chi connectivity index (χ3v) is 4.41. The van der Waals surface area contributed by atoms with Gasteiger partial charge in [0.1, 0.15) is 0 Å². The van der Waals surface area contributed by atoms with E-state index in [1.807, 2.05) is 11.3 Å². The Balaban J connectivity index is 1.89. The predicted molar refractivity (Wildman–Crippen MR) is 71.1 cm³/mol. The topological polar surface area (TPSA) is 15.3 Å². The van der Waals surface area contributed by atoms with Crippen molar-refractivity contribution in [2.45, 2.75) is 26.8 Å². The molecule has 0 radical (unpaired) electrons. The lowest BCUT2D eigenvalue weighted by Crippen LogP contribution is -2.24. The fraction of sp³-hybridized carbons (Fsp3) is 0.692. The Morgan fingerprint density at radius 2 is 2.31 bits per heavy atom. The Kier molecular flexibility index (Phi) is 4.00. The first-order valence-electron chi connectivity index (χ1n) is 6.12. The lowest BCUT2D eigenvalue weighted by molar-refractivity contribution is 0.315. The van der Waals surface area contributed by atoms with Gasteiger partial charge in [0, 0.05) is 22.8 Å². The SMILES string of the molecule is CNCC1CCN(Cc2cc(C)sc2C)C1. The average molecular weight is 238 g/mol. The van der Waals surface area contributed by atoms with Gasteiger partial charge in [0.25, 0.3) is 0 Å². The summed E-state index contributed by atoms with van der Waals surface area (Å²) in [4.78, 5) is 5.53. The van der Waals surface area contributed by atoms with Gasteiger partial charge in [-0.05, 0) is 58.0 Å². The van der Waals surface area contributed by atoms with Crippen molar-refractivity contribution in [3.05, 3.63) is 21.4 Å². The highest BCUT2D eigenvalue weighted by atomic mass is 32.1. The summed E-state index contributed by atoms with van der Waals surface area (Å²) in [6.45, 7) is 9.29. The number of nitrogens with one attached hydrogen (secondary N) is 1. The molecule has 1 aromatic heterocycles. The van der Waals surface area contributed by atoms with Crippen molar-refractivity contribution < 1.29 is 0 Å². The Hall–Kier alpha value is -0.380. The number of rotatable bonds is 4. The summed E-state index contributed by atoms with van der Waals surface area (Å²) in [5.74, 6) is 0.852. The zero-order valence-electron chi connectivity index (χ0n) is 10.5. The van der Waals surface area contributed by atoms with Gasteiger partial charge in [-0.15, -0.1) is 11.3 Å². The van der Waals surface area contributed by atoms with E-state index in [4.69, 9.17) is 0 Å². The number of thiophene rings is 1. The van der Waals surface area contributed by atoms with Gasteiger partial charge < -0.3 is 5.32 Å². The normalized spacial score (nSPS) is 21.8. The number of nitrogens with zero attached hydrogens (tertiary/aromatic N) is 1. The molecule has 1 atom stereocenters. The van der Waals surface area contributed by atoms with Gasteiger partial charge in [0.15, 0.2) is 0 Å². The van der Waals surface area contributed by atoms with Gasteiger partial charge in [-0.25, -0.2) is 0 Å². The molecule has 2 nitrogen and oxygen atoms in total. The molecule has 1 aromatic rings. The lowest BCUT2D eigenvalue weighted by atomic mass is 10.1. The summed E-state index contributed by atoms with van der Waals surface area (Å²) in [6, 6.07) is 2.35. The van der Waals surface area contributed by atoms with E-state index in [1.54, 1.807) is 0 Å². The maximum atomic E-state index is 3.28. The van der Waals surface area contributed by atoms with E-state index in [1.165, 1.54) is 34.8 Å². The maximum absolute atomic E-state index is 3.28. The zero-order chi connectivity index (χ0) is 11.5.